The summed E-state index contributed by atoms with van der Waals surface area (Å²) in [5.74, 6) is -0.690. The molecule has 0 spiro atoms. The molecule has 4 rings (SSSR count). The van der Waals surface area contributed by atoms with E-state index in [0.29, 0.717) is 11.3 Å². The number of amides is 2. The monoisotopic (exact) mass is 432 g/mol. The van der Waals surface area contributed by atoms with Crippen molar-refractivity contribution >= 4 is 33.5 Å². The Morgan fingerprint density at radius 1 is 0.969 bits per heavy atom. The van der Waals surface area contributed by atoms with Crippen molar-refractivity contribution in [2.45, 2.75) is 19.6 Å². The van der Waals surface area contributed by atoms with E-state index in [9.17, 15) is 19.2 Å². The zero-order valence-electron chi connectivity index (χ0n) is 17.1. The molecule has 3 aromatic carbocycles. The molecule has 0 saturated heterocycles. The lowest BCUT2D eigenvalue weighted by Crippen LogP contribution is -2.49. The Morgan fingerprint density at radius 2 is 1.69 bits per heavy atom. The van der Waals surface area contributed by atoms with Crippen LogP contribution in [0.5, 0.6) is 5.75 Å². The second-order valence-electron chi connectivity index (χ2n) is 7.17. The van der Waals surface area contributed by atoms with Gasteiger partial charge in [0.1, 0.15) is 12.3 Å². The first-order valence-corrected chi connectivity index (χ1v) is 9.88. The van der Waals surface area contributed by atoms with E-state index < -0.39 is 35.7 Å². The van der Waals surface area contributed by atoms with E-state index in [1.165, 1.54) is 0 Å². The molecule has 162 valence electrons. The summed E-state index contributed by atoms with van der Waals surface area (Å²) in [6, 6.07) is 19.7. The van der Waals surface area contributed by atoms with Crippen LogP contribution in [-0.4, -0.2) is 27.5 Å². The molecule has 0 aliphatic rings. The van der Waals surface area contributed by atoms with Gasteiger partial charge in [-0.05, 0) is 42.0 Å². The highest BCUT2D eigenvalue weighted by molar-refractivity contribution is 5.86. The van der Waals surface area contributed by atoms with Gasteiger partial charge >= 0.3 is 5.69 Å². The number of H-pyrrole nitrogens is 1. The summed E-state index contributed by atoms with van der Waals surface area (Å²) < 4.78 is 6.78. The van der Waals surface area contributed by atoms with E-state index in [1.807, 2.05) is 36.4 Å². The molecule has 9 nitrogen and oxygen atoms in total. The number of rotatable bonds is 5. The summed E-state index contributed by atoms with van der Waals surface area (Å²) in [5, 5.41) is 2.31. The minimum Gasteiger partial charge on any atom is -0.481 e. The first-order chi connectivity index (χ1) is 15.4. The van der Waals surface area contributed by atoms with Crippen LogP contribution >= 0.6 is 0 Å². The number of carbonyl (C=O) groups excluding carboxylic acids is 2. The number of aromatic nitrogens is 2. The Labute approximate surface area is 181 Å². The number of nitrogens with one attached hydrogen (secondary N) is 3. The molecule has 32 heavy (non-hydrogen) atoms. The molecule has 0 fully saturated rings. The van der Waals surface area contributed by atoms with Crippen LogP contribution in [0.1, 0.15) is 6.92 Å². The van der Waals surface area contributed by atoms with Crippen LogP contribution in [0.2, 0.25) is 0 Å². The van der Waals surface area contributed by atoms with E-state index in [0.717, 1.165) is 15.3 Å². The van der Waals surface area contributed by atoms with Crippen molar-refractivity contribution in [3.63, 3.8) is 0 Å². The van der Waals surface area contributed by atoms with E-state index in [-0.39, 0.29) is 5.39 Å². The lowest BCUT2D eigenvalue weighted by molar-refractivity contribution is -0.132. The summed E-state index contributed by atoms with van der Waals surface area (Å²) in [5.41, 5.74) is 3.62. The van der Waals surface area contributed by atoms with Gasteiger partial charge in [-0.2, -0.15) is 0 Å². The van der Waals surface area contributed by atoms with Gasteiger partial charge in [0, 0.05) is 0 Å². The zero-order chi connectivity index (χ0) is 22.7. The Hall–Kier alpha value is -4.40. The molecule has 1 heterocycles. The van der Waals surface area contributed by atoms with Crippen LogP contribution in [0, 0.1) is 0 Å². The quantitative estimate of drug-likeness (QED) is 0.412. The Bertz CT molecular complexity index is 1440. The number of nitrogens with zero attached hydrogens (tertiary/aromatic N) is 1. The number of para-hydroxylation sites is 1. The van der Waals surface area contributed by atoms with Crippen LogP contribution < -0.4 is 26.8 Å². The molecule has 9 heteroatoms. The van der Waals surface area contributed by atoms with Gasteiger partial charge < -0.3 is 4.74 Å². The van der Waals surface area contributed by atoms with Crippen molar-refractivity contribution in [3.8, 4) is 5.75 Å². The van der Waals surface area contributed by atoms with Gasteiger partial charge in [0.15, 0.2) is 6.10 Å². The third-order valence-electron chi connectivity index (χ3n) is 4.93. The predicted octanol–water partition coefficient (Wildman–Crippen LogP) is 1.46. The van der Waals surface area contributed by atoms with Crippen molar-refractivity contribution < 1.29 is 14.3 Å². The van der Waals surface area contributed by atoms with Crippen LogP contribution in [0.4, 0.5) is 0 Å². The van der Waals surface area contributed by atoms with Crippen molar-refractivity contribution in [1.82, 2.24) is 20.4 Å². The van der Waals surface area contributed by atoms with E-state index in [1.54, 1.807) is 37.3 Å². The zero-order valence-corrected chi connectivity index (χ0v) is 17.1. The molecule has 0 bridgehead atoms. The van der Waals surface area contributed by atoms with Gasteiger partial charge in [-0.3, -0.25) is 34.8 Å². The fourth-order valence-corrected chi connectivity index (χ4v) is 3.31. The summed E-state index contributed by atoms with van der Waals surface area (Å²) in [6.07, 6.45) is -0.881. The molecule has 0 radical (unpaired) electrons. The second-order valence-corrected chi connectivity index (χ2v) is 7.17. The molecule has 0 aliphatic carbocycles. The van der Waals surface area contributed by atoms with Gasteiger partial charge in [-0.25, -0.2) is 4.79 Å². The van der Waals surface area contributed by atoms with Gasteiger partial charge in [-0.15, -0.1) is 0 Å². The van der Waals surface area contributed by atoms with E-state index >= 15 is 0 Å². The summed E-state index contributed by atoms with van der Waals surface area (Å²) in [7, 11) is 0. The summed E-state index contributed by atoms with van der Waals surface area (Å²) in [6.45, 7) is 1.16. The molecule has 2 amide bonds. The number of ether oxygens (including phenoxy) is 1. The average molecular weight is 432 g/mol. The van der Waals surface area contributed by atoms with Crippen molar-refractivity contribution in [2.75, 3.05) is 0 Å². The molecule has 1 unspecified atom stereocenters. The highest BCUT2D eigenvalue weighted by atomic mass is 16.5. The summed E-state index contributed by atoms with van der Waals surface area (Å²) in [4.78, 5) is 50.9. The lowest BCUT2D eigenvalue weighted by atomic mass is 10.1. The van der Waals surface area contributed by atoms with Crippen LogP contribution in [0.25, 0.3) is 21.7 Å². The summed E-state index contributed by atoms with van der Waals surface area (Å²) >= 11 is 0. The topological polar surface area (TPSA) is 122 Å². The number of aromatic amines is 1. The number of benzene rings is 3. The van der Waals surface area contributed by atoms with Crippen molar-refractivity contribution in [1.29, 1.82) is 0 Å². The maximum atomic E-state index is 12.3. The first-order valence-electron chi connectivity index (χ1n) is 9.88. The number of hydrogen-bond acceptors (Lipinski definition) is 5. The molecule has 1 atom stereocenters. The Balaban J connectivity index is 1.38. The number of carbonyl (C=O) groups is 2. The molecule has 3 N–H and O–H groups in total. The van der Waals surface area contributed by atoms with Crippen LogP contribution in [-0.2, 0) is 16.1 Å². The number of fused-ring (bicyclic) bond motifs is 2. The largest absolute Gasteiger partial charge is 0.481 e. The highest BCUT2D eigenvalue weighted by Crippen LogP contribution is 2.21. The van der Waals surface area contributed by atoms with E-state index in [4.69, 9.17) is 4.74 Å². The lowest BCUT2D eigenvalue weighted by Gasteiger charge is -2.16. The maximum Gasteiger partial charge on any atom is 0.329 e. The van der Waals surface area contributed by atoms with Crippen molar-refractivity contribution in [3.05, 3.63) is 87.6 Å². The molecule has 1 aromatic heterocycles. The highest BCUT2D eigenvalue weighted by Gasteiger charge is 2.17. The second kappa shape index (κ2) is 8.76. The van der Waals surface area contributed by atoms with Crippen LogP contribution in [0.15, 0.2) is 76.3 Å². The molecular formula is C23H20N4O5. The standard InChI is InChI=1S/C23H20N4O5/c1-14(32-17-11-10-15-6-2-3-7-16(15)12-17)21(29)26-25-20(28)13-27-19-9-5-4-8-18(19)22(30)24-23(27)31/h2-12,14H,13H2,1H3,(H,25,28)(H,26,29)(H,24,30,31). The minimum absolute atomic E-state index is 0.279. The first kappa shape index (κ1) is 20.9. The predicted molar refractivity (Wildman–Crippen MR) is 119 cm³/mol. The maximum absolute atomic E-state index is 12.3. The van der Waals surface area contributed by atoms with Crippen molar-refractivity contribution in [2.24, 2.45) is 0 Å². The van der Waals surface area contributed by atoms with E-state index in [2.05, 4.69) is 15.8 Å². The Kier molecular flexibility index (Phi) is 5.71. The SMILES string of the molecule is CC(Oc1ccc2ccccc2c1)C(=O)NNC(=O)Cn1c(=O)[nH]c(=O)c2ccccc21. The van der Waals surface area contributed by atoms with Gasteiger partial charge in [0.25, 0.3) is 17.4 Å². The average Bonchev–Trinajstić information content (AvgIpc) is 2.80. The smallest absolute Gasteiger partial charge is 0.329 e. The molecular weight excluding hydrogens is 412 g/mol. The normalized spacial score (nSPS) is 11.8. The Morgan fingerprint density at radius 3 is 2.50 bits per heavy atom. The van der Waals surface area contributed by atoms with Gasteiger partial charge in [-0.1, -0.05) is 42.5 Å². The number of hydrazine groups is 1. The minimum atomic E-state index is -0.881. The molecule has 0 saturated carbocycles. The van der Waals surface area contributed by atoms with Gasteiger partial charge in [0.05, 0.1) is 10.9 Å². The van der Waals surface area contributed by atoms with Gasteiger partial charge in [0.2, 0.25) is 0 Å². The number of hydrogen-bond donors (Lipinski definition) is 3. The molecule has 4 aromatic rings. The third kappa shape index (κ3) is 4.36. The van der Waals surface area contributed by atoms with Crippen LogP contribution in [0.3, 0.4) is 0 Å². The molecule has 0 aliphatic heterocycles. The fraction of sp³-hybridized carbons (Fsp3) is 0.130. The fourth-order valence-electron chi connectivity index (χ4n) is 3.31. The third-order valence-corrected chi connectivity index (χ3v) is 4.93.